The van der Waals surface area contributed by atoms with Crippen LogP contribution in [-0.2, 0) is 9.59 Å². The maximum absolute atomic E-state index is 13.1. The molecular weight excluding hydrogens is 359 g/mol. The smallest absolute Gasteiger partial charge is 0.243 e. The number of nitrogens with zero attached hydrogens (tertiary/aromatic N) is 6. The molecule has 0 bridgehead atoms. The van der Waals surface area contributed by atoms with E-state index in [1.165, 1.54) is 35.0 Å². The fourth-order valence-corrected chi connectivity index (χ4v) is 3.28. The van der Waals surface area contributed by atoms with E-state index in [4.69, 9.17) is 0 Å². The van der Waals surface area contributed by atoms with Crippen LogP contribution in [0.25, 0.3) is 16.9 Å². The molecule has 0 fully saturated rings. The van der Waals surface area contributed by atoms with E-state index in [9.17, 15) is 14.0 Å². The molecule has 0 saturated heterocycles. The lowest BCUT2D eigenvalue weighted by molar-refractivity contribution is -0.132. The summed E-state index contributed by atoms with van der Waals surface area (Å²) in [6.45, 7) is 1.35. The minimum Gasteiger partial charge on any atom is -0.347 e. The van der Waals surface area contributed by atoms with Crippen LogP contribution in [0.15, 0.2) is 35.6 Å². The number of aromatic nitrogens is 5. The number of thioether (sulfide) groups is 1. The summed E-state index contributed by atoms with van der Waals surface area (Å²) in [5, 5.41) is 7.55. The van der Waals surface area contributed by atoms with Crippen molar-refractivity contribution in [2.24, 2.45) is 0 Å². The normalized spacial score (nSPS) is 12.2. The molecule has 0 saturated carbocycles. The van der Waals surface area contributed by atoms with Gasteiger partial charge in [-0.05, 0) is 31.2 Å². The summed E-state index contributed by atoms with van der Waals surface area (Å²) in [5.41, 5.74) is 1.34. The Kier molecular flexibility index (Phi) is 4.94. The van der Waals surface area contributed by atoms with E-state index in [1.54, 1.807) is 26.2 Å². The fourth-order valence-electron chi connectivity index (χ4n) is 2.22. The molecule has 3 aromatic rings. The van der Waals surface area contributed by atoms with E-state index >= 15 is 0 Å². The Balaban J connectivity index is 2.02. The van der Waals surface area contributed by atoms with Crippen LogP contribution in [0.2, 0.25) is 0 Å². The van der Waals surface area contributed by atoms with Crippen LogP contribution in [-0.4, -0.2) is 60.9 Å². The second-order valence-electron chi connectivity index (χ2n) is 5.67. The van der Waals surface area contributed by atoms with Crippen molar-refractivity contribution in [1.29, 1.82) is 0 Å². The predicted octanol–water partition coefficient (Wildman–Crippen LogP) is 1.49. The number of rotatable bonds is 5. The summed E-state index contributed by atoms with van der Waals surface area (Å²) in [6, 6.07) is 5.71. The minimum atomic E-state index is -0.931. The van der Waals surface area contributed by atoms with Gasteiger partial charge in [0.2, 0.25) is 5.91 Å². The minimum absolute atomic E-state index is 0.286. The van der Waals surface area contributed by atoms with Gasteiger partial charge < -0.3 is 4.90 Å². The molecule has 26 heavy (non-hydrogen) atoms. The standard InChI is InChI=1S/C16H15FN6O2S/c1-9(24)13(16(25)22(2)3)26-15-12-14(18-8-19-15)23(21-20-12)11-6-4-10(17)5-7-11/h4-8,13H,1-3H3/t13-/m0/s1. The highest BCUT2D eigenvalue weighted by Crippen LogP contribution is 2.28. The molecule has 0 N–H and O–H groups in total. The third-order valence-corrected chi connectivity index (χ3v) is 4.83. The van der Waals surface area contributed by atoms with Crippen molar-refractivity contribution in [3.05, 3.63) is 36.4 Å². The van der Waals surface area contributed by atoms with Gasteiger partial charge in [0.05, 0.1) is 5.69 Å². The lowest BCUT2D eigenvalue weighted by atomic mass is 10.3. The van der Waals surface area contributed by atoms with Gasteiger partial charge in [-0.25, -0.2) is 14.4 Å². The number of carbonyl (C=O) groups is 2. The highest BCUT2D eigenvalue weighted by atomic mass is 32.2. The van der Waals surface area contributed by atoms with E-state index in [2.05, 4.69) is 20.3 Å². The molecule has 134 valence electrons. The molecule has 3 rings (SSSR count). The summed E-state index contributed by atoms with van der Waals surface area (Å²) in [4.78, 5) is 33.8. The maximum atomic E-state index is 13.1. The summed E-state index contributed by atoms with van der Waals surface area (Å²) in [6.07, 6.45) is 1.31. The molecule has 1 atom stereocenters. The van der Waals surface area contributed by atoms with Crippen molar-refractivity contribution >= 4 is 34.6 Å². The summed E-state index contributed by atoms with van der Waals surface area (Å²) >= 11 is 1.01. The van der Waals surface area contributed by atoms with Crippen LogP contribution >= 0.6 is 11.8 Å². The summed E-state index contributed by atoms with van der Waals surface area (Å²) in [7, 11) is 3.17. The maximum Gasteiger partial charge on any atom is 0.243 e. The third-order valence-electron chi connectivity index (χ3n) is 3.54. The first-order chi connectivity index (χ1) is 12.4. The molecular formula is C16H15FN6O2S. The number of hydrogen-bond donors (Lipinski definition) is 0. The van der Waals surface area contributed by atoms with Gasteiger partial charge in [-0.1, -0.05) is 17.0 Å². The molecule has 1 aromatic carbocycles. The second kappa shape index (κ2) is 7.16. The average Bonchev–Trinajstić information content (AvgIpc) is 3.04. The van der Waals surface area contributed by atoms with Gasteiger partial charge in [-0.15, -0.1) is 5.10 Å². The Hall–Kier alpha value is -2.88. The van der Waals surface area contributed by atoms with E-state index in [1.807, 2.05) is 0 Å². The molecule has 0 radical (unpaired) electrons. The predicted molar refractivity (Wildman–Crippen MR) is 93.4 cm³/mol. The Labute approximate surface area is 152 Å². The molecule has 0 aliphatic heterocycles. The van der Waals surface area contributed by atoms with Crippen molar-refractivity contribution in [3.63, 3.8) is 0 Å². The first-order valence-corrected chi connectivity index (χ1v) is 8.47. The zero-order valence-corrected chi connectivity index (χ0v) is 15.1. The first-order valence-electron chi connectivity index (χ1n) is 7.59. The van der Waals surface area contributed by atoms with E-state index in [0.717, 1.165) is 11.8 Å². The number of hydrogen-bond acceptors (Lipinski definition) is 7. The highest BCUT2D eigenvalue weighted by molar-refractivity contribution is 8.01. The fraction of sp³-hybridized carbons (Fsp3) is 0.250. The number of halogens is 1. The van der Waals surface area contributed by atoms with E-state index in [0.29, 0.717) is 21.9 Å². The molecule has 2 heterocycles. The van der Waals surface area contributed by atoms with Gasteiger partial charge in [-0.2, -0.15) is 4.68 Å². The number of benzene rings is 1. The molecule has 0 unspecified atom stereocenters. The quantitative estimate of drug-likeness (QED) is 0.379. The lowest BCUT2D eigenvalue weighted by Gasteiger charge is -2.17. The summed E-state index contributed by atoms with van der Waals surface area (Å²) in [5.74, 6) is -0.984. The van der Waals surface area contributed by atoms with Crippen LogP contribution in [0.4, 0.5) is 4.39 Å². The Morgan fingerprint density at radius 1 is 1.19 bits per heavy atom. The number of amides is 1. The number of carbonyl (C=O) groups excluding carboxylic acids is 2. The van der Waals surface area contributed by atoms with Crippen LogP contribution in [0.5, 0.6) is 0 Å². The summed E-state index contributed by atoms with van der Waals surface area (Å²) < 4.78 is 14.6. The van der Waals surface area contributed by atoms with Gasteiger partial charge >= 0.3 is 0 Å². The highest BCUT2D eigenvalue weighted by Gasteiger charge is 2.28. The number of fused-ring (bicyclic) bond motifs is 1. The van der Waals surface area contributed by atoms with E-state index in [-0.39, 0.29) is 17.5 Å². The van der Waals surface area contributed by atoms with Crippen molar-refractivity contribution in [2.75, 3.05) is 14.1 Å². The number of Topliss-reactive ketones (excluding diaryl/α,β-unsaturated/α-hetero) is 1. The Morgan fingerprint density at radius 2 is 1.88 bits per heavy atom. The van der Waals surface area contributed by atoms with E-state index < -0.39 is 5.25 Å². The topological polar surface area (TPSA) is 93.9 Å². The van der Waals surface area contributed by atoms with Gasteiger partial charge in [-0.3, -0.25) is 9.59 Å². The molecule has 8 nitrogen and oxygen atoms in total. The lowest BCUT2D eigenvalue weighted by Crippen LogP contribution is -2.36. The van der Waals surface area contributed by atoms with Crippen molar-refractivity contribution in [3.8, 4) is 5.69 Å². The zero-order chi connectivity index (χ0) is 18.8. The molecule has 10 heteroatoms. The second-order valence-corrected chi connectivity index (χ2v) is 6.76. The average molecular weight is 374 g/mol. The van der Waals surface area contributed by atoms with Gasteiger partial charge in [0.25, 0.3) is 0 Å². The molecule has 0 aliphatic rings. The molecule has 2 aromatic heterocycles. The van der Waals surface area contributed by atoms with Crippen LogP contribution < -0.4 is 0 Å². The Bertz CT molecular complexity index is 973. The first kappa shape index (κ1) is 17.9. The number of ketones is 1. The monoisotopic (exact) mass is 374 g/mol. The van der Waals surface area contributed by atoms with Crippen molar-refractivity contribution in [1.82, 2.24) is 29.9 Å². The molecule has 0 aliphatic carbocycles. The Morgan fingerprint density at radius 3 is 2.50 bits per heavy atom. The van der Waals surface area contributed by atoms with Crippen LogP contribution in [0, 0.1) is 5.82 Å². The van der Waals surface area contributed by atoms with Crippen LogP contribution in [0.1, 0.15) is 6.92 Å². The van der Waals surface area contributed by atoms with Gasteiger partial charge in [0.1, 0.15) is 22.4 Å². The third kappa shape index (κ3) is 3.40. The van der Waals surface area contributed by atoms with Crippen molar-refractivity contribution < 1.29 is 14.0 Å². The largest absolute Gasteiger partial charge is 0.347 e. The molecule has 1 amide bonds. The molecule has 0 spiro atoms. The SMILES string of the molecule is CC(=O)[C@H](Sc1ncnc2c1nnn2-c1ccc(F)cc1)C(=O)N(C)C. The van der Waals surface area contributed by atoms with Gasteiger partial charge in [0, 0.05) is 14.1 Å². The van der Waals surface area contributed by atoms with Gasteiger partial charge in [0.15, 0.2) is 16.9 Å². The van der Waals surface area contributed by atoms with Crippen molar-refractivity contribution in [2.45, 2.75) is 17.2 Å². The zero-order valence-electron chi connectivity index (χ0n) is 14.3. The van der Waals surface area contributed by atoms with Crippen LogP contribution in [0.3, 0.4) is 0 Å².